The van der Waals surface area contributed by atoms with Gasteiger partial charge in [0.1, 0.15) is 11.6 Å². The lowest BCUT2D eigenvalue weighted by Crippen LogP contribution is -2.41. The monoisotopic (exact) mass is 472 g/mol. The van der Waals surface area contributed by atoms with E-state index in [1.165, 1.54) is 11.3 Å². The smallest absolute Gasteiger partial charge is 0.272 e. The molecule has 0 fully saturated rings. The standard InChI is InChI=1S/C24H20N6O3S/c25-13-18-17(16-8-4-10-32-14-16)12-19(20-9-5-11-34-20)28-23(18)33-21(15-6-2-1-3-7-15)22(31)29-24(26)30-27/h1-7,9-12,14,21H,8,27H2,(H3,26,29,30,31). The van der Waals surface area contributed by atoms with Gasteiger partial charge in [-0.15, -0.1) is 16.4 Å². The minimum Gasteiger partial charge on any atom is -0.473 e. The molecule has 34 heavy (non-hydrogen) atoms. The van der Waals surface area contributed by atoms with E-state index in [-0.39, 0.29) is 17.4 Å². The Morgan fingerprint density at radius 1 is 1.29 bits per heavy atom. The third-order valence-corrected chi connectivity index (χ3v) is 5.79. The molecule has 1 amide bonds. The lowest BCUT2D eigenvalue weighted by atomic mass is 9.98. The Bertz CT molecular complexity index is 1310. The van der Waals surface area contributed by atoms with Crippen LogP contribution in [0.1, 0.15) is 29.2 Å². The van der Waals surface area contributed by atoms with Gasteiger partial charge >= 0.3 is 0 Å². The second kappa shape index (κ2) is 10.3. The summed E-state index contributed by atoms with van der Waals surface area (Å²) in [5.41, 5.74) is 8.29. The van der Waals surface area contributed by atoms with E-state index in [1.54, 1.807) is 36.8 Å². The summed E-state index contributed by atoms with van der Waals surface area (Å²) in [6, 6.07) is 16.6. The number of thiophene rings is 1. The predicted molar refractivity (Wildman–Crippen MR) is 129 cm³/mol. The Hall–Kier alpha value is -4.62. The van der Waals surface area contributed by atoms with Crippen molar-refractivity contribution in [2.75, 3.05) is 0 Å². The van der Waals surface area contributed by atoms with Crippen LogP contribution in [-0.4, -0.2) is 16.9 Å². The Balaban J connectivity index is 1.83. The van der Waals surface area contributed by atoms with Crippen LogP contribution in [0.3, 0.4) is 0 Å². The van der Waals surface area contributed by atoms with E-state index in [1.807, 2.05) is 35.7 Å². The molecular weight excluding hydrogens is 452 g/mol. The van der Waals surface area contributed by atoms with Crippen molar-refractivity contribution in [3.05, 3.63) is 89.2 Å². The van der Waals surface area contributed by atoms with E-state index in [0.29, 0.717) is 23.2 Å². The van der Waals surface area contributed by atoms with Crippen LogP contribution in [0.25, 0.3) is 16.1 Å². The first-order valence-corrected chi connectivity index (χ1v) is 11.0. The molecule has 1 aliphatic rings. The van der Waals surface area contributed by atoms with Crippen molar-refractivity contribution in [3.63, 3.8) is 0 Å². The van der Waals surface area contributed by atoms with Gasteiger partial charge in [-0.3, -0.25) is 10.1 Å². The van der Waals surface area contributed by atoms with Crippen molar-refractivity contribution < 1.29 is 14.3 Å². The average molecular weight is 473 g/mol. The first-order chi connectivity index (χ1) is 16.6. The second-order valence-electron chi connectivity index (χ2n) is 7.09. The third kappa shape index (κ3) is 4.90. The number of nitriles is 1. The highest BCUT2D eigenvalue weighted by Gasteiger charge is 2.27. The number of allylic oxidation sites excluding steroid dienone is 2. The summed E-state index contributed by atoms with van der Waals surface area (Å²) in [5.74, 6) is 4.28. The van der Waals surface area contributed by atoms with Gasteiger partial charge in [-0.2, -0.15) is 5.26 Å². The molecule has 5 N–H and O–H groups in total. The number of ether oxygens (including phenoxy) is 2. The van der Waals surface area contributed by atoms with Crippen molar-refractivity contribution in [1.29, 1.82) is 5.26 Å². The maximum atomic E-state index is 13.0. The highest BCUT2D eigenvalue weighted by molar-refractivity contribution is 7.13. The molecule has 10 heteroatoms. The van der Waals surface area contributed by atoms with Gasteiger partial charge < -0.3 is 21.1 Å². The summed E-state index contributed by atoms with van der Waals surface area (Å²) >= 11 is 1.50. The molecule has 0 spiro atoms. The van der Waals surface area contributed by atoms with Crippen molar-refractivity contribution >= 4 is 28.8 Å². The molecule has 0 bridgehead atoms. The zero-order valence-corrected chi connectivity index (χ0v) is 18.7. The van der Waals surface area contributed by atoms with Crippen molar-refractivity contribution in [3.8, 4) is 22.5 Å². The zero-order valence-electron chi connectivity index (χ0n) is 17.8. The van der Waals surface area contributed by atoms with Gasteiger partial charge in [0.15, 0.2) is 0 Å². The molecule has 0 aliphatic carbocycles. The molecule has 170 valence electrons. The largest absolute Gasteiger partial charge is 0.473 e. The summed E-state index contributed by atoms with van der Waals surface area (Å²) in [7, 11) is 0. The molecule has 1 aliphatic heterocycles. The number of nitrogens with zero attached hydrogens (tertiary/aromatic N) is 3. The van der Waals surface area contributed by atoms with Gasteiger partial charge in [0, 0.05) is 11.1 Å². The van der Waals surface area contributed by atoms with Crippen LogP contribution in [-0.2, 0) is 9.53 Å². The number of hydrogen-bond donors (Lipinski definition) is 3. The van der Waals surface area contributed by atoms with Gasteiger partial charge in [0.05, 0.1) is 23.1 Å². The Morgan fingerprint density at radius 3 is 2.76 bits per heavy atom. The van der Waals surface area contributed by atoms with Gasteiger partial charge in [-0.1, -0.05) is 36.4 Å². The maximum Gasteiger partial charge on any atom is 0.272 e. The van der Waals surface area contributed by atoms with Crippen LogP contribution < -0.4 is 21.6 Å². The number of nitrogens with one attached hydrogen (secondary N) is 1. The third-order valence-electron chi connectivity index (χ3n) is 4.90. The van der Waals surface area contributed by atoms with Crippen LogP contribution in [0, 0.1) is 11.3 Å². The van der Waals surface area contributed by atoms with E-state index >= 15 is 0 Å². The Labute approximate surface area is 199 Å². The Kier molecular flexibility index (Phi) is 6.86. The average Bonchev–Trinajstić information content (AvgIpc) is 3.42. The van der Waals surface area contributed by atoms with Crippen LogP contribution in [0.4, 0.5) is 0 Å². The van der Waals surface area contributed by atoms with Crippen LogP contribution >= 0.6 is 11.3 Å². The summed E-state index contributed by atoms with van der Waals surface area (Å²) in [6.07, 6.45) is 4.39. The topological polar surface area (TPSA) is 149 Å². The first-order valence-electron chi connectivity index (χ1n) is 10.2. The van der Waals surface area contributed by atoms with Crippen molar-refractivity contribution in [2.45, 2.75) is 12.5 Å². The number of carbonyl (C=O) groups excluding carboxylic acids is 1. The van der Waals surface area contributed by atoms with E-state index < -0.39 is 12.0 Å². The van der Waals surface area contributed by atoms with Crippen molar-refractivity contribution in [2.24, 2.45) is 16.7 Å². The number of amides is 1. The van der Waals surface area contributed by atoms with Crippen LogP contribution in [0.5, 0.6) is 5.88 Å². The number of pyridine rings is 1. The SMILES string of the molecule is N#Cc1c(C2=COC=CC2)cc(-c2cccs2)nc1OC(C(=O)N/C(N)=N/N)c1ccccc1. The van der Waals surface area contributed by atoms with Gasteiger partial charge in [0.25, 0.3) is 5.91 Å². The number of benzene rings is 1. The molecule has 0 radical (unpaired) electrons. The second-order valence-corrected chi connectivity index (χ2v) is 8.04. The number of hydrazone groups is 1. The lowest BCUT2D eigenvalue weighted by Gasteiger charge is -2.21. The van der Waals surface area contributed by atoms with Crippen LogP contribution in [0.15, 0.2) is 77.6 Å². The van der Waals surface area contributed by atoms with Crippen molar-refractivity contribution in [1.82, 2.24) is 10.3 Å². The first kappa shape index (κ1) is 22.6. The zero-order chi connectivity index (χ0) is 23.9. The highest BCUT2D eigenvalue weighted by Crippen LogP contribution is 2.36. The quantitative estimate of drug-likeness (QED) is 0.215. The summed E-state index contributed by atoms with van der Waals surface area (Å²) in [5, 5.41) is 17.7. The molecule has 4 rings (SSSR count). The highest BCUT2D eigenvalue weighted by atomic mass is 32.1. The minimum atomic E-state index is -1.18. The van der Waals surface area contributed by atoms with Gasteiger partial charge in [0.2, 0.25) is 17.9 Å². The fraction of sp³-hybridized carbons (Fsp3) is 0.0833. The minimum absolute atomic E-state index is 0.00566. The predicted octanol–water partition coefficient (Wildman–Crippen LogP) is 3.38. The van der Waals surface area contributed by atoms with E-state index in [0.717, 1.165) is 10.5 Å². The van der Waals surface area contributed by atoms with Crippen LogP contribution in [0.2, 0.25) is 0 Å². The van der Waals surface area contributed by atoms with E-state index in [9.17, 15) is 10.1 Å². The Morgan fingerprint density at radius 2 is 2.12 bits per heavy atom. The van der Waals surface area contributed by atoms with E-state index in [4.69, 9.17) is 21.1 Å². The number of nitrogens with two attached hydrogens (primary N) is 2. The molecule has 3 aromatic rings. The lowest BCUT2D eigenvalue weighted by molar-refractivity contribution is -0.126. The molecular formula is C24H20N6O3S. The molecule has 1 unspecified atom stereocenters. The molecule has 9 nitrogen and oxygen atoms in total. The maximum absolute atomic E-state index is 13.0. The molecule has 1 aromatic carbocycles. The number of aromatic nitrogens is 1. The summed E-state index contributed by atoms with van der Waals surface area (Å²) in [6.45, 7) is 0. The molecule has 2 aromatic heterocycles. The number of guanidine groups is 1. The fourth-order valence-electron chi connectivity index (χ4n) is 3.33. The normalized spacial score (nSPS) is 13.9. The summed E-state index contributed by atoms with van der Waals surface area (Å²) < 4.78 is 11.5. The van der Waals surface area contributed by atoms with Gasteiger partial charge in [-0.25, -0.2) is 4.98 Å². The molecule has 1 atom stereocenters. The molecule has 0 saturated heterocycles. The number of carbonyl (C=O) groups is 1. The van der Waals surface area contributed by atoms with Gasteiger partial charge in [-0.05, 0) is 35.6 Å². The number of rotatable bonds is 6. The summed E-state index contributed by atoms with van der Waals surface area (Å²) in [4.78, 5) is 18.5. The van der Waals surface area contributed by atoms with E-state index in [2.05, 4.69) is 21.5 Å². The molecule has 0 saturated carbocycles. The number of hydrogen-bond acceptors (Lipinski definition) is 8. The fourth-order valence-corrected chi connectivity index (χ4v) is 4.02. The molecule has 3 heterocycles.